The van der Waals surface area contributed by atoms with E-state index in [1.165, 1.54) is 18.2 Å². The van der Waals surface area contributed by atoms with Crippen molar-refractivity contribution in [3.63, 3.8) is 0 Å². The van der Waals surface area contributed by atoms with Crippen molar-refractivity contribution in [2.45, 2.75) is 39.2 Å². The lowest BCUT2D eigenvalue weighted by atomic mass is 9.77. The summed E-state index contributed by atoms with van der Waals surface area (Å²) in [6.45, 7) is 7.88. The fraction of sp³-hybridized carbons (Fsp3) is 0.300. The predicted octanol–water partition coefficient (Wildman–Crippen LogP) is 1.88. The van der Waals surface area contributed by atoms with Crippen LogP contribution in [0.4, 0.5) is 5.69 Å². The van der Waals surface area contributed by atoms with Crippen molar-refractivity contribution in [2.75, 3.05) is 5.32 Å². The van der Waals surface area contributed by atoms with Crippen molar-refractivity contribution in [2.24, 2.45) is 0 Å². The quantitative estimate of drug-likeness (QED) is 0.534. The minimum Gasteiger partial charge on any atom is -0.480 e. The molecule has 2 rings (SSSR count). The van der Waals surface area contributed by atoms with Gasteiger partial charge in [-0.05, 0) is 41.6 Å². The molecule has 0 aliphatic carbocycles. The number of hydrogen-bond donors (Lipinski definition) is 3. The molecule has 0 aromatic heterocycles. The molecule has 0 aliphatic heterocycles. The number of anilines is 1. The number of benzene rings is 2. The lowest BCUT2D eigenvalue weighted by Gasteiger charge is -2.20. The zero-order valence-electron chi connectivity index (χ0n) is 15.9. The summed E-state index contributed by atoms with van der Waals surface area (Å²) in [6.07, 6.45) is -0.419. The van der Waals surface area contributed by atoms with Gasteiger partial charge in [-0.15, -0.1) is 0 Å². The van der Waals surface area contributed by atoms with Gasteiger partial charge in [-0.3, -0.25) is 9.59 Å². The third kappa shape index (κ3) is 5.18. The summed E-state index contributed by atoms with van der Waals surface area (Å²) >= 11 is 0. The molecule has 2 aromatic rings. The van der Waals surface area contributed by atoms with E-state index in [1.807, 2.05) is 24.3 Å². The largest absolute Gasteiger partial charge is 0.489 e. The summed E-state index contributed by atoms with van der Waals surface area (Å²) < 4.78 is 5.57. The van der Waals surface area contributed by atoms with Crippen molar-refractivity contribution in [3.8, 4) is 5.75 Å². The molecule has 27 heavy (non-hydrogen) atoms. The first-order valence-corrected chi connectivity index (χ1v) is 8.65. The third-order valence-electron chi connectivity index (χ3n) is 4.19. The van der Waals surface area contributed by atoms with Gasteiger partial charge in [-0.2, -0.15) is 0 Å². The van der Waals surface area contributed by atoms with Crippen LogP contribution in [-0.4, -0.2) is 35.5 Å². The average molecular weight is 369 g/mol. The van der Waals surface area contributed by atoms with E-state index >= 15 is 0 Å². The standard InChI is InChI=1S/C20H24BNO5/c1-13(27-18-7-5-6-17(21(25)26)16(18)12-23)19(24)22-15-10-8-14(9-11-15)20(2,3)4/h5-13,25-26H,1-4H3,(H,22,24). The first-order chi connectivity index (χ1) is 12.6. The van der Waals surface area contributed by atoms with E-state index in [9.17, 15) is 19.6 Å². The van der Waals surface area contributed by atoms with Crippen LogP contribution < -0.4 is 15.5 Å². The lowest BCUT2D eigenvalue weighted by molar-refractivity contribution is -0.122. The second-order valence-corrected chi connectivity index (χ2v) is 7.33. The third-order valence-corrected chi connectivity index (χ3v) is 4.19. The van der Waals surface area contributed by atoms with Gasteiger partial charge in [-0.1, -0.05) is 45.0 Å². The monoisotopic (exact) mass is 369 g/mol. The number of hydrogen-bond acceptors (Lipinski definition) is 5. The number of carbonyl (C=O) groups is 2. The van der Waals surface area contributed by atoms with Crippen molar-refractivity contribution >= 4 is 30.5 Å². The molecule has 3 N–H and O–H groups in total. The first-order valence-electron chi connectivity index (χ1n) is 8.65. The number of ether oxygens (including phenoxy) is 1. The number of amides is 1. The Bertz CT molecular complexity index is 812. The summed E-state index contributed by atoms with van der Waals surface area (Å²) in [7, 11) is -1.81. The Morgan fingerprint density at radius 3 is 2.30 bits per heavy atom. The number of nitrogens with one attached hydrogen (secondary N) is 1. The van der Waals surface area contributed by atoms with Gasteiger partial charge in [0.15, 0.2) is 12.4 Å². The molecule has 0 fully saturated rings. The predicted molar refractivity (Wildman–Crippen MR) is 106 cm³/mol. The summed E-state index contributed by atoms with van der Waals surface area (Å²) in [5.74, 6) is -0.272. The fourth-order valence-electron chi connectivity index (χ4n) is 2.56. The molecule has 0 saturated carbocycles. The number of carbonyl (C=O) groups excluding carboxylic acids is 2. The van der Waals surface area contributed by atoms with E-state index in [-0.39, 0.29) is 28.1 Å². The van der Waals surface area contributed by atoms with Gasteiger partial charge >= 0.3 is 7.12 Å². The van der Waals surface area contributed by atoms with Gasteiger partial charge in [0.1, 0.15) is 5.75 Å². The van der Waals surface area contributed by atoms with E-state index in [0.717, 1.165) is 5.56 Å². The van der Waals surface area contributed by atoms with Gasteiger partial charge in [0.05, 0.1) is 5.56 Å². The highest BCUT2D eigenvalue weighted by atomic mass is 16.5. The van der Waals surface area contributed by atoms with Crippen molar-refractivity contribution in [1.82, 2.24) is 0 Å². The van der Waals surface area contributed by atoms with Gasteiger partial charge in [0.2, 0.25) is 0 Å². The second kappa shape index (κ2) is 8.37. The Labute approximate surface area is 159 Å². The van der Waals surface area contributed by atoms with Crippen LogP contribution in [0.15, 0.2) is 42.5 Å². The zero-order chi connectivity index (χ0) is 20.2. The Morgan fingerprint density at radius 2 is 1.78 bits per heavy atom. The summed E-state index contributed by atoms with van der Waals surface area (Å²) in [5, 5.41) is 21.4. The maximum atomic E-state index is 12.4. The second-order valence-electron chi connectivity index (χ2n) is 7.33. The molecule has 0 aliphatic rings. The Kier molecular flexibility index (Phi) is 6.41. The zero-order valence-corrected chi connectivity index (χ0v) is 15.9. The SMILES string of the molecule is CC(Oc1cccc(B(O)O)c1C=O)C(=O)Nc1ccc(C(C)(C)C)cc1. The first kappa shape index (κ1) is 20.7. The Hall–Kier alpha value is -2.64. The maximum Gasteiger partial charge on any atom is 0.489 e. The molecule has 1 amide bonds. The number of rotatable bonds is 6. The van der Waals surface area contributed by atoms with E-state index in [2.05, 4.69) is 26.1 Å². The molecule has 0 bridgehead atoms. The lowest BCUT2D eigenvalue weighted by Crippen LogP contribution is -2.35. The van der Waals surface area contributed by atoms with Crippen molar-refractivity contribution < 1.29 is 24.4 Å². The Balaban J connectivity index is 2.10. The van der Waals surface area contributed by atoms with Crippen LogP contribution in [0.1, 0.15) is 43.6 Å². The van der Waals surface area contributed by atoms with Crippen LogP contribution in [0.2, 0.25) is 0 Å². The van der Waals surface area contributed by atoms with Crippen molar-refractivity contribution in [3.05, 3.63) is 53.6 Å². The maximum absolute atomic E-state index is 12.4. The molecule has 7 heteroatoms. The summed E-state index contributed by atoms with van der Waals surface area (Å²) in [4.78, 5) is 23.7. The smallest absolute Gasteiger partial charge is 0.480 e. The number of aldehydes is 1. The molecule has 2 aromatic carbocycles. The average Bonchev–Trinajstić information content (AvgIpc) is 2.61. The normalized spacial score (nSPS) is 12.2. The topological polar surface area (TPSA) is 95.9 Å². The Morgan fingerprint density at radius 1 is 1.15 bits per heavy atom. The molecule has 0 radical (unpaired) electrons. The van der Waals surface area contributed by atoms with E-state index in [1.54, 1.807) is 6.92 Å². The minimum absolute atomic E-state index is 0.00156. The van der Waals surface area contributed by atoms with Crippen LogP contribution in [0.3, 0.4) is 0 Å². The van der Waals surface area contributed by atoms with Gasteiger partial charge in [0.25, 0.3) is 5.91 Å². The summed E-state index contributed by atoms with van der Waals surface area (Å²) in [5.41, 5.74) is 1.83. The molecule has 1 unspecified atom stereocenters. The van der Waals surface area contributed by atoms with Gasteiger partial charge < -0.3 is 20.1 Å². The van der Waals surface area contributed by atoms with Crippen LogP contribution >= 0.6 is 0 Å². The minimum atomic E-state index is -1.81. The molecule has 0 saturated heterocycles. The van der Waals surface area contributed by atoms with Crippen molar-refractivity contribution in [1.29, 1.82) is 0 Å². The molecular formula is C20H24BNO5. The van der Waals surface area contributed by atoms with Crippen LogP contribution in [0.5, 0.6) is 5.75 Å². The highest BCUT2D eigenvalue weighted by Crippen LogP contribution is 2.23. The van der Waals surface area contributed by atoms with Crippen LogP contribution in [0.25, 0.3) is 0 Å². The van der Waals surface area contributed by atoms with Crippen LogP contribution in [-0.2, 0) is 10.2 Å². The van der Waals surface area contributed by atoms with Crippen LogP contribution in [0, 0.1) is 0 Å². The van der Waals surface area contributed by atoms with E-state index in [0.29, 0.717) is 12.0 Å². The van der Waals surface area contributed by atoms with Gasteiger partial charge in [0, 0.05) is 5.69 Å². The van der Waals surface area contributed by atoms with E-state index in [4.69, 9.17) is 4.74 Å². The molecule has 0 spiro atoms. The molecular weight excluding hydrogens is 345 g/mol. The highest BCUT2D eigenvalue weighted by molar-refractivity contribution is 6.60. The van der Waals surface area contributed by atoms with Gasteiger partial charge in [-0.25, -0.2) is 0 Å². The highest BCUT2D eigenvalue weighted by Gasteiger charge is 2.22. The molecule has 142 valence electrons. The fourth-order valence-corrected chi connectivity index (χ4v) is 2.56. The molecule has 1 atom stereocenters. The molecule has 0 heterocycles. The summed E-state index contributed by atoms with van der Waals surface area (Å²) in [6, 6.07) is 12.0. The van der Waals surface area contributed by atoms with E-state index < -0.39 is 13.2 Å². The molecule has 6 nitrogen and oxygen atoms in total.